The number of rotatable bonds is 7. The zero-order valence-corrected chi connectivity index (χ0v) is 17.2. The van der Waals surface area contributed by atoms with Crippen LogP contribution in [0, 0.1) is 13.8 Å². The summed E-state index contributed by atoms with van der Waals surface area (Å²) in [5.74, 6) is 0. The number of hydrogen-bond donors (Lipinski definition) is 1. The molecule has 0 saturated heterocycles. The van der Waals surface area contributed by atoms with Crippen molar-refractivity contribution in [1.29, 1.82) is 0 Å². The van der Waals surface area contributed by atoms with Crippen molar-refractivity contribution in [2.45, 2.75) is 20.4 Å². The molecule has 1 heterocycles. The lowest BCUT2D eigenvalue weighted by Gasteiger charge is -2.08. The van der Waals surface area contributed by atoms with Crippen LogP contribution in [-0.2, 0) is 6.54 Å². The van der Waals surface area contributed by atoms with E-state index in [-0.39, 0.29) is 0 Å². The maximum absolute atomic E-state index is 4.72. The third-order valence-electron chi connectivity index (χ3n) is 5.41. The van der Waals surface area contributed by atoms with Crippen LogP contribution in [-0.4, -0.2) is 23.9 Å². The lowest BCUT2D eigenvalue weighted by molar-refractivity contribution is 0.828. The molecular weight excluding hydrogens is 354 g/mol. The molecular formula is C26H27N3. The highest BCUT2D eigenvalue weighted by molar-refractivity contribution is 6.01. The fourth-order valence-electron chi connectivity index (χ4n) is 3.94. The number of fused-ring (bicyclic) bond motifs is 2. The van der Waals surface area contributed by atoms with Gasteiger partial charge in [0.15, 0.2) is 0 Å². The van der Waals surface area contributed by atoms with Gasteiger partial charge >= 0.3 is 0 Å². The lowest BCUT2D eigenvalue weighted by Crippen LogP contribution is -2.05. The Hall–Kier alpha value is -3.33. The van der Waals surface area contributed by atoms with Gasteiger partial charge in [0.1, 0.15) is 0 Å². The summed E-state index contributed by atoms with van der Waals surface area (Å²) in [4.78, 5) is 4.72. The Bertz CT molecular complexity index is 1190. The van der Waals surface area contributed by atoms with E-state index >= 15 is 0 Å². The molecule has 1 aromatic heterocycles. The second-order valence-corrected chi connectivity index (χ2v) is 7.41. The van der Waals surface area contributed by atoms with E-state index in [9.17, 15) is 0 Å². The fourth-order valence-corrected chi connectivity index (χ4v) is 3.94. The molecule has 0 spiro atoms. The van der Waals surface area contributed by atoms with Crippen LogP contribution in [0.4, 0.5) is 5.69 Å². The summed E-state index contributed by atoms with van der Waals surface area (Å²) >= 11 is 0. The van der Waals surface area contributed by atoms with Gasteiger partial charge in [0.05, 0.1) is 6.54 Å². The van der Waals surface area contributed by atoms with Crippen LogP contribution >= 0.6 is 0 Å². The highest BCUT2D eigenvalue weighted by Crippen LogP contribution is 2.26. The number of benzene rings is 3. The highest BCUT2D eigenvalue weighted by atomic mass is 15.0. The minimum atomic E-state index is 0.725. The third-order valence-corrected chi connectivity index (χ3v) is 5.41. The van der Waals surface area contributed by atoms with Crippen LogP contribution in [0.25, 0.3) is 21.7 Å². The minimum absolute atomic E-state index is 0.725. The van der Waals surface area contributed by atoms with E-state index in [2.05, 4.69) is 91.0 Å². The summed E-state index contributed by atoms with van der Waals surface area (Å²) in [5, 5.41) is 7.29. The maximum atomic E-state index is 4.72. The van der Waals surface area contributed by atoms with E-state index in [1.54, 1.807) is 0 Å². The van der Waals surface area contributed by atoms with E-state index < -0.39 is 0 Å². The summed E-state index contributed by atoms with van der Waals surface area (Å²) in [5.41, 5.74) is 6.10. The molecule has 0 amide bonds. The molecule has 3 aromatic carbocycles. The summed E-state index contributed by atoms with van der Waals surface area (Å²) in [6.45, 7) is 10.5. The Labute approximate surface area is 172 Å². The minimum Gasteiger partial charge on any atom is -0.383 e. The Morgan fingerprint density at radius 2 is 1.83 bits per heavy atom. The summed E-state index contributed by atoms with van der Waals surface area (Å²) in [7, 11) is 0. The van der Waals surface area contributed by atoms with Gasteiger partial charge in [-0.3, -0.25) is 4.99 Å². The number of aliphatic imine (C=N–C) groups is 1. The van der Waals surface area contributed by atoms with Crippen molar-refractivity contribution in [3.05, 3.63) is 90.1 Å². The van der Waals surface area contributed by atoms with Crippen molar-refractivity contribution in [3.8, 4) is 0 Å². The van der Waals surface area contributed by atoms with Crippen molar-refractivity contribution in [2.75, 3.05) is 18.4 Å². The monoisotopic (exact) mass is 381 g/mol. The Morgan fingerprint density at radius 1 is 1.00 bits per heavy atom. The predicted octanol–water partition coefficient (Wildman–Crippen LogP) is 6.13. The zero-order valence-electron chi connectivity index (χ0n) is 17.2. The van der Waals surface area contributed by atoms with Gasteiger partial charge in [-0.2, -0.15) is 0 Å². The molecule has 3 heteroatoms. The quantitative estimate of drug-likeness (QED) is 0.233. The second-order valence-electron chi connectivity index (χ2n) is 7.41. The Kier molecular flexibility index (Phi) is 5.48. The number of hydrogen-bond acceptors (Lipinski definition) is 2. The first kappa shape index (κ1) is 19.0. The van der Waals surface area contributed by atoms with Gasteiger partial charge in [0.25, 0.3) is 0 Å². The first-order valence-electron chi connectivity index (χ1n) is 10.1. The molecule has 3 nitrogen and oxygen atoms in total. The SMILES string of the molecule is C=CCn1c(C)c(C=NCCNc2cccc3ccccc23)c2cc(C)ccc21. The fraction of sp³-hybridized carbons (Fsp3) is 0.192. The molecule has 0 aliphatic rings. The molecule has 0 fully saturated rings. The van der Waals surface area contributed by atoms with Crippen LogP contribution in [0.15, 0.2) is 78.3 Å². The van der Waals surface area contributed by atoms with Crippen molar-refractivity contribution in [2.24, 2.45) is 4.99 Å². The van der Waals surface area contributed by atoms with Crippen LogP contribution in [0.2, 0.25) is 0 Å². The molecule has 4 aromatic rings. The molecule has 29 heavy (non-hydrogen) atoms. The lowest BCUT2D eigenvalue weighted by atomic mass is 10.1. The van der Waals surface area contributed by atoms with Gasteiger partial charge in [-0.1, -0.05) is 54.1 Å². The van der Waals surface area contributed by atoms with E-state index in [0.717, 1.165) is 25.3 Å². The van der Waals surface area contributed by atoms with Crippen molar-refractivity contribution in [1.82, 2.24) is 4.57 Å². The number of nitrogens with zero attached hydrogens (tertiary/aromatic N) is 2. The number of anilines is 1. The Morgan fingerprint density at radius 3 is 2.69 bits per heavy atom. The third kappa shape index (κ3) is 3.81. The molecule has 1 N–H and O–H groups in total. The molecule has 0 unspecified atom stereocenters. The number of aryl methyl sites for hydroxylation is 1. The normalized spacial score (nSPS) is 11.5. The first-order valence-corrected chi connectivity index (χ1v) is 10.1. The molecule has 146 valence electrons. The highest BCUT2D eigenvalue weighted by Gasteiger charge is 2.11. The van der Waals surface area contributed by atoms with Crippen LogP contribution < -0.4 is 5.32 Å². The summed E-state index contributed by atoms with van der Waals surface area (Å²) in [6.07, 6.45) is 3.97. The van der Waals surface area contributed by atoms with Gasteiger partial charge in [-0.25, -0.2) is 0 Å². The van der Waals surface area contributed by atoms with Gasteiger partial charge in [0.2, 0.25) is 0 Å². The Balaban J connectivity index is 1.51. The van der Waals surface area contributed by atoms with Crippen LogP contribution in [0.5, 0.6) is 0 Å². The van der Waals surface area contributed by atoms with Crippen molar-refractivity contribution in [3.63, 3.8) is 0 Å². The molecule has 0 atom stereocenters. The average Bonchev–Trinajstić information content (AvgIpc) is 2.99. The van der Waals surface area contributed by atoms with Crippen molar-refractivity contribution >= 4 is 33.6 Å². The van der Waals surface area contributed by atoms with Gasteiger partial charge in [-0.05, 0) is 37.4 Å². The smallest absolute Gasteiger partial charge is 0.0562 e. The summed E-state index contributed by atoms with van der Waals surface area (Å²) in [6, 6.07) is 21.4. The largest absolute Gasteiger partial charge is 0.383 e. The van der Waals surface area contributed by atoms with E-state index in [0.29, 0.717) is 0 Å². The van der Waals surface area contributed by atoms with Gasteiger partial charge in [-0.15, -0.1) is 6.58 Å². The maximum Gasteiger partial charge on any atom is 0.0562 e. The predicted molar refractivity (Wildman–Crippen MR) is 127 cm³/mol. The van der Waals surface area contributed by atoms with Crippen LogP contribution in [0.3, 0.4) is 0 Å². The summed E-state index contributed by atoms with van der Waals surface area (Å²) < 4.78 is 2.30. The first-order chi connectivity index (χ1) is 14.2. The molecule has 0 aliphatic carbocycles. The number of nitrogens with one attached hydrogen (secondary N) is 1. The molecule has 4 rings (SSSR count). The van der Waals surface area contributed by atoms with E-state index in [1.165, 1.54) is 38.5 Å². The van der Waals surface area contributed by atoms with E-state index in [4.69, 9.17) is 4.99 Å². The molecule has 0 saturated carbocycles. The zero-order chi connectivity index (χ0) is 20.2. The van der Waals surface area contributed by atoms with E-state index in [1.807, 2.05) is 12.3 Å². The standard InChI is InChI=1S/C26H27N3/c1-4-16-29-20(3)24(23-17-19(2)12-13-26(23)29)18-27-14-15-28-25-11-7-9-21-8-5-6-10-22(21)25/h4-13,17-18,28H,1,14-16H2,2-3H3. The molecule has 0 bridgehead atoms. The molecule has 0 radical (unpaired) electrons. The number of aromatic nitrogens is 1. The van der Waals surface area contributed by atoms with Crippen LogP contribution in [0.1, 0.15) is 16.8 Å². The van der Waals surface area contributed by atoms with Gasteiger partial charge < -0.3 is 9.88 Å². The van der Waals surface area contributed by atoms with Crippen molar-refractivity contribution < 1.29 is 0 Å². The second kappa shape index (κ2) is 8.36. The molecule has 0 aliphatic heterocycles. The topological polar surface area (TPSA) is 29.3 Å². The number of allylic oxidation sites excluding steroid dienone is 1. The van der Waals surface area contributed by atoms with Gasteiger partial charge in [0, 0.05) is 52.5 Å². The average molecular weight is 382 g/mol.